The summed E-state index contributed by atoms with van der Waals surface area (Å²) in [6.45, 7) is 5.96. The van der Waals surface area contributed by atoms with Crippen molar-refractivity contribution >= 4 is 23.3 Å². The first kappa shape index (κ1) is 17.7. The lowest BCUT2D eigenvalue weighted by molar-refractivity contribution is 0.150. The third-order valence-electron chi connectivity index (χ3n) is 2.52. The monoisotopic (exact) mass is 316 g/mol. The quantitative estimate of drug-likeness (QED) is 0.616. The minimum atomic E-state index is -0.554. The highest BCUT2D eigenvalue weighted by Gasteiger charge is 2.02. The molecule has 0 heterocycles. The van der Waals surface area contributed by atoms with E-state index in [-0.39, 0.29) is 0 Å². The summed E-state index contributed by atoms with van der Waals surface area (Å²) in [5.41, 5.74) is 6.95. The number of hydrogen-bond donors (Lipinski definition) is 2. The summed E-state index contributed by atoms with van der Waals surface area (Å²) < 4.78 is 4.74. The van der Waals surface area contributed by atoms with Crippen LogP contribution in [-0.2, 0) is 4.74 Å². The topological polar surface area (TPSA) is 50.4 Å². The molecule has 0 aliphatic heterocycles. The number of hydrazine groups is 1. The van der Waals surface area contributed by atoms with E-state index in [4.69, 9.17) is 17.0 Å². The van der Waals surface area contributed by atoms with Gasteiger partial charge in [-0.25, -0.2) is 10.2 Å². The van der Waals surface area contributed by atoms with Crippen molar-refractivity contribution in [2.24, 2.45) is 0 Å². The summed E-state index contributed by atoms with van der Waals surface area (Å²) >= 11 is 5.20. The number of carbonyl (C=O) groups is 1. The van der Waals surface area contributed by atoms with Crippen molar-refractivity contribution in [2.45, 2.75) is 13.3 Å². The smallest absolute Gasteiger partial charge is 0.425 e. The van der Waals surface area contributed by atoms with Gasteiger partial charge in [0.25, 0.3) is 0 Å². The molecule has 22 heavy (non-hydrogen) atoms. The SMILES string of the molecule is C=C1C=C/C=C/C=C\C(CC(=S)NNC(=O)OCC)=C/C=C\1. The van der Waals surface area contributed by atoms with Crippen molar-refractivity contribution in [3.05, 3.63) is 72.4 Å². The Balaban J connectivity index is 2.62. The molecule has 1 aliphatic carbocycles. The lowest BCUT2D eigenvalue weighted by Crippen LogP contribution is -2.41. The molecule has 0 aromatic heterocycles. The third-order valence-corrected chi connectivity index (χ3v) is 2.77. The second-order valence-corrected chi connectivity index (χ2v) is 4.84. The number of hydrogen-bond acceptors (Lipinski definition) is 3. The predicted octanol–water partition coefficient (Wildman–Crippen LogP) is 3.68. The maximum Gasteiger partial charge on any atom is 0.425 e. The summed E-state index contributed by atoms with van der Waals surface area (Å²) in [5.74, 6) is 0. The highest BCUT2D eigenvalue weighted by Crippen LogP contribution is 2.07. The minimum Gasteiger partial charge on any atom is -0.449 e. The van der Waals surface area contributed by atoms with E-state index in [0.717, 1.165) is 11.1 Å². The largest absolute Gasteiger partial charge is 0.449 e. The van der Waals surface area contributed by atoms with Crippen molar-refractivity contribution in [1.82, 2.24) is 10.9 Å². The van der Waals surface area contributed by atoms with Gasteiger partial charge in [-0.2, -0.15) is 0 Å². The number of rotatable bonds is 3. The molecule has 4 nitrogen and oxygen atoms in total. The van der Waals surface area contributed by atoms with Gasteiger partial charge in [0.05, 0.1) is 11.6 Å². The van der Waals surface area contributed by atoms with Crippen molar-refractivity contribution in [2.75, 3.05) is 6.61 Å². The van der Waals surface area contributed by atoms with Crippen molar-refractivity contribution < 1.29 is 9.53 Å². The maximum absolute atomic E-state index is 11.2. The number of ether oxygens (including phenoxy) is 1. The molecule has 5 heteroatoms. The fourth-order valence-corrected chi connectivity index (χ4v) is 1.75. The summed E-state index contributed by atoms with van der Waals surface area (Å²) in [6.07, 6.45) is 17.3. The van der Waals surface area contributed by atoms with Gasteiger partial charge >= 0.3 is 6.09 Å². The molecule has 0 aromatic rings. The fourth-order valence-electron chi connectivity index (χ4n) is 1.53. The number of amides is 1. The average molecular weight is 316 g/mol. The molecule has 0 fully saturated rings. The summed E-state index contributed by atoms with van der Waals surface area (Å²) in [4.78, 5) is 11.7. The second-order valence-electron chi connectivity index (χ2n) is 4.35. The molecule has 0 radical (unpaired) electrons. The van der Waals surface area contributed by atoms with Crippen LogP contribution in [0.2, 0.25) is 0 Å². The van der Waals surface area contributed by atoms with Crippen LogP contribution in [0.5, 0.6) is 0 Å². The van der Waals surface area contributed by atoms with Gasteiger partial charge in [0, 0.05) is 6.42 Å². The molecule has 1 amide bonds. The molecule has 0 unspecified atom stereocenters. The van der Waals surface area contributed by atoms with Crippen LogP contribution in [0.25, 0.3) is 0 Å². The standard InChI is InChI=1S/C17H20N2O2S/c1-3-21-17(20)19-18-16(22)13-15-11-7-5-4-6-9-14(2)10-8-12-15/h4-12H,2-3,13H2,1H3,(H,18,22)(H,19,20)/b5-4+,9-6?,10-8-,11-7-,15-12+. The Hall–Kier alpha value is -2.40. The van der Waals surface area contributed by atoms with E-state index < -0.39 is 6.09 Å². The summed E-state index contributed by atoms with van der Waals surface area (Å²) in [7, 11) is 0. The molecule has 2 N–H and O–H groups in total. The average Bonchev–Trinajstić information content (AvgIpc) is 2.52. The van der Waals surface area contributed by atoms with Crippen LogP contribution >= 0.6 is 12.2 Å². The van der Waals surface area contributed by atoms with E-state index in [9.17, 15) is 4.79 Å². The first-order valence-corrected chi connectivity index (χ1v) is 7.32. The van der Waals surface area contributed by atoms with Crippen LogP contribution in [0, 0.1) is 0 Å². The zero-order chi connectivity index (χ0) is 16.2. The van der Waals surface area contributed by atoms with E-state index in [0.29, 0.717) is 18.0 Å². The van der Waals surface area contributed by atoms with Crippen molar-refractivity contribution in [1.29, 1.82) is 0 Å². The Labute approximate surface area is 136 Å². The van der Waals surface area contributed by atoms with Crippen molar-refractivity contribution in [3.63, 3.8) is 0 Å². The highest BCUT2D eigenvalue weighted by atomic mass is 32.1. The van der Waals surface area contributed by atoms with Gasteiger partial charge in [-0.1, -0.05) is 73.5 Å². The van der Waals surface area contributed by atoms with Crippen LogP contribution in [0.4, 0.5) is 4.79 Å². The van der Waals surface area contributed by atoms with Crippen LogP contribution in [0.3, 0.4) is 0 Å². The van der Waals surface area contributed by atoms with E-state index >= 15 is 0 Å². The second kappa shape index (κ2) is 10.3. The molecule has 116 valence electrons. The molecule has 0 aromatic carbocycles. The van der Waals surface area contributed by atoms with Crippen LogP contribution < -0.4 is 10.9 Å². The van der Waals surface area contributed by atoms with Crippen LogP contribution in [-0.4, -0.2) is 17.7 Å². The fraction of sp³-hybridized carbons (Fsp3) is 0.176. The van der Waals surface area contributed by atoms with E-state index in [1.165, 1.54) is 0 Å². The summed E-state index contributed by atoms with van der Waals surface area (Å²) in [6, 6.07) is 0. The van der Waals surface area contributed by atoms with Gasteiger partial charge < -0.3 is 4.74 Å². The molecular weight excluding hydrogens is 296 g/mol. The van der Waals surface area contributed by atoms with Gasteiger partial charge in [-0.05, 0) is 18.1 Å². The van der Waals surface area contributed by atoms with Gasteiger partial charge in [-0.3, -0.25) is 5.43 Å². The number of allylic oxidation sites excluding steroid dienone is 10. The van der Waals surface area contributed by atoms with Gasteiger partial charge in [0.15, 0.2) is 0 Å². The molecular formula is C17H20N2O2S. The highest BCUT2D eigenvalue weighted by molar-refractivity contribution is 7.80. The zero-order valence-electron chi connectivity index (χ0n) is 12.5. The maximum atomic E-state index is 11.2. The van der Waals surface area contributed by atoms with E-state index in [1.54, 1.807) is 6.92 Å². The zero-order valence-corrected chi connectivity index (χ0v) is 13.4. The van der Waals surface area contributed by atoms with E-state index in [2.05, 4.69) is 17.4 Å². The molecule has 1 aliphatic rings. The van der Waals surface area contributed by atoms with Crippen molar-refractivity contribution in [3.8, 4) is 0 Å². The van der Waals surface area contributed by atoms with Gasteiger partial charge in [0.2, 0.25) is 0 Å². The molecule has 1 rings (SSSR count). The Morgan fingerprint density at radius 3 is 2.55 bits per heavy atom. The van der Waals surface area contributed by atoms with Crippen LogP contribution in [0.15, 0.2) is 72.4 Å². The lowest BCUT2D eigenvalue weighted by atomic mass is 10.1. The van der Waals surface area contributed by atoms with Gasteiger partial charge in [0.1, 0.15) is 0 Å². The minimum absolute atomic E-state index is 0.309. The normalized spacial score (nSPS) is 20.8. The molecule has 0 atom stereocenters. The number of nitrogens with one attached hydrogen (secondary N) is 2. The lowest BCUT2D eigenvalue weighted by Gasteiger charge is -2.09. The Morgan fingerprint density at radius 2 is 1.82 bits per heavy atom. The Bertz CT molecular complexity index is 569. The predicted molar refractivity (Wildman–Crippen MR) is 94.3 cm³/mol. The molecule has 0 spiro atoms. The molecule has 0 saturated heterocycles. The number of carbonyl (C=O) groups excluding carboxylic acids is 1. The van der Waals surface area contributed by atoms with Gasteiger partial charge in [-0.15, -0.1) is 0 Å². The third kappa shape index (κ3) is 8.01. The Kier molecular flexibility index (Phi) is 8.30. The van der Waals surface area contributed by atoms with Crippen LogP contribution in [0.1, 0.15) is 13.3 Å². The summed E-state index contributed by atoms with van der Waals surface area (Å²) in [5, 5.41) is 0. The first-order valence-electron chi connectivity index (χ1n) is 6.91. The molecule has 0 saturated carbocycles. The Morgan fingerprint density at radius 1 is 1.14 bits per heavy atom. The van der Waals surface area contributed by atoms with E-state index in [1.807, 2.05) is 54.7 Å². The first-order chi connectivity index (χ1) is 10.6. The number of thiocarbonyl (C=S) groups is 1. The molecule has 0 bridgehead atoms.